The molecular weight excluding hydrogens is 401 g/mol. The Labute approximate surface area is 141 Å². The zero-order valence-corrected chi connectivity index (χ0v) is 15.0. The highest BCUT2D eigenvalue weighted by atomic mass is 79.9. The summed E-state index contributed by atoms with van der Waals surface area (Å²) >= 11 is 6.64. The zero-order valence-electron chi connectivity index (χ0n) is 11.8. The van der Waals surface area contributed by atoms with E-state index in [1.165, 1.54) is 6.07 Å². The average molecular weight is 417 g/mol. The van der Waals surface area contributed by atoms with Gasteiger partial charge in [0, 0.05) is 16.1 Å². The topological polar surface area (TPSA) is 21.3 Å². The molecule has 1 unspecified atom stereocenters. The molecule has 0 radical (unpaired) electrons. The maximum absolute atomic E-state index is 13.2. The van der Waals surface area contributed by atoms with E-state index in [0.29, 0.717) is 11.1 Å². The lowest BCUT2D eigenvalue weighted by Crippen LogP contribution is -2.13. The SMILES string of the molecule is CNC(C)c1ccc(Br)cc1OCc1ccc(F)c(Br)c1. The van der Waals surface area contributed by atoms with Gasteiger partial charge in [-0.05, 0) is 59.7 Å². The van der Waals surface area contributed by atoms with Crippen molar-refractivity contribution in [2.24, 2.45) is 0 Å². The molecule has 1 atom stereocenters. The van der Waals surface area contributed by atoms with Crippen molar-refractivity contribution in [3.8, 4) is 5.75 Å². The van der Waals surface area contributed by atoms with Gasteiger partial charge in [0.15, 0.2) is 0 Å². The van der Waals surface area contributed by atoms with Crippen molar-refractivity contribution in [2.45, 2.75) is 19.6 Å². The molecule has 112 valence electrons. The van der Waals surface area contributed by atoms with Crippen molar-refractivity contribution < 1.29 is 9.13 Å². The first-order chi connectivity index (χ1) is 10.0. The Balaban J connectivity index is 2.18. The number of halogens is 3. The van der Waals surface area contributed by atoms with Gasteiger partial charge in [-0.2, -0.15) is 0 Å². The summed E-state index contributed by atoms with van der Waals surface area (Å²) in [5.74, 6) is 0.539. The Morgan fingerprint density at radius 1 is 1.19 bits per heavy atom. The van der Waals surface area contributed by atoms with E-state index in [0.717, 1.165) is 21.3 Å². The van der Waals surface area contributed by atoms with Crippen molar-refractivity contribution in [1.82, 2.24) is 5.32 Å². The maximum Gasteiger partial charge on any atom is 0.137 e. The van der Waals surface area contributed by atoms with Gasteiger partial charge in [-0.1, -0.05) is 28.1 Å². The van der Waals surface area contributed by atoms with Gasteiger partial charge in [0.05, 0.1) is 4.47 Å². The van der Waals surface area contributed by atoms with Crippen LogP contribution in [-0.2, 0) is 6.61 Å². The van der Waals surface area contributed by atoms with Crippen molar-refractivity contribution in [3.63, 3.8) is 0 Å². The molecule has 2 aromatic carbocycles. The molecule has 0 aliphatic heterocycles. The zero-order chi connectivity index (χ0) is 15.4. The van der Waals surface area contributed by atoms with Crippen molar-refractivity contribution in [2.75, 3.05) is 7.05 Å². The van der Waals surface area contributed by atoms with Gasteiger partial charge in [0.1, 0.15) is 18.2 Å². The van der Waals surface area contributed by atoms with Crippen LogP contribution in [0.5, 0.6) is 5.75 Å². The Hall–Kier alpha value is -0.910. The molecule has 5 heteroatoms. The molecule has 0 aliphatic carbocycles. The molecule has 2 rings (SSSR count). The fourth-order valence-electron chi connectivity index (χ4n) is 1.94. The van der Waals surface area contributed by atoms with E-state index < -0.39 is 0 Å². The largest absolute Gasteiger partial charge is 0.489 e. The highest BCUT2D eigenvalue weighted by Gasteiger charge is 2.11. The monoisotopic (exact) mass is 415 g/mol. The Morgan fingerprint density at radius 3 is 2.62 bits per heavy atom. The van der Waals surface area contributed by atoms with Crippen LogP contribution in [0.25, 0.3) is 0 Å². The van der Waals surface area contributed by atoms with E-state index in [9.17, 15) is 4.39 Å². The number of benzene rings is 2. The molecule has 0 aliphatic rings. The van der Waals surface area contributed by atoms with Crippen LogP contribution in [0.3, 0.4) is 0 Å². The van der Waals surface area contributed by atoms with Gasteiger partial charge >= 0.3 is 0 Å². The van der Waals surface area contributed by atoms with E-state index in [1.807, 2.05) is 25.2 Å². The van der Waals surface area contributed by atoms with E-state index in [4.69, 9.17) is 4.74 Å². The lowest BCUT2D eigenvalue weighted by atomic mass is 10.1. The predicted molar refractivity (Wildman–Crippen MR) is 90.0 cm³/mol. The Morgan fingerprint density at radius 2 is 1.95 bits per heavy atom. The second-order valence-corrected chi connectivity index (χ2v) is 6.50. The van der Waals surface area contributed by atoms with Crippen LogP contribution in [0.1, 0.15) is 24.1 Å². The quantitative estimate of drug-likeness (QED) is 0.722. The smallest absolute Gasteiger partial charge is 0.137 e. The molecule has 1 N–H and O–H groups in total. The molecule has 0 heterocycles. The predicted octanol–water partition coefficient (Wildman–Crippen LogP) is 5.21. The molecule has 2 aromatic rings. The van der Waals surface area contributed by atoms with Crippen LogP contribution in [0.15, 0.2) is 45.3 Å². The number of hydrogen-bond donors (Lipinski definition) is 1. The van der Waals surface area contributed by atoms with Crippen molar-refractivity contribution in [3.05, 3.63) is 62.3 Å². The molecule has 0 saturated carbocycles. The van der Waals surface area contributed by atoms with E-state index in [1.54, 1.807) is 12.1 Å². The number of ether oxygens (including phenoxy) is 1. The Bertz CT molecular complexity index is 634. The van der Waals surface area contributed by atoms with Crippen LogP contribution >= 0.6 is 31.9 Å². The lowest BCUT2D eigenvalue weighted by Gasteiger charge is -2.17. The summed E-state index contributed by atoms with van der Waals surface area (Å²) in [7, 11) is 1.91. The molecule has 21 heavy (non-hydrogen) atoms. The first kappa shape index (κ1) is 16.5. The summed E-state index contributed by atoms with van der Waals surface area (Å²) in [6.45, 7) is 2.46. The van der Waals surface area contributed by atoms with Gasteiger partial charge in [0.25, 0.3) is 0 Å². The van der Waals surface area contributed by atoms with E-state index in [-0.39, 0.29) is 11.9 Å². The average Bonchev–Trinajstić information content (AvgIpc) is 2.48. The fourth-order valence-corrected chi connectivity index (χ4v) is 2.70. The minimum absolute atomic E-state index is 0.188. The molecule has 2 nitrogen and oxygen atoms in total. The van der Waals surface area contributed by atoms with Crippen molar-refractivity contribution in [1.29, 1.82) is 0 Å². The van der Waals surface area contributed by atoms with E-state index in [2.05, 4.69) is 44.1 Å². The van der Waals surface area contributed by atoms with Gasteiger partial charge in [-0.25, -0.2) is 4.39 Å². The summed E-state index contributed by atoms with van der Waals surface area (Å²) in [6.07, 6.45) is 0. The van der Waals surface area contributed by atoms with E-state index >= 15 is 0 Å². The minimum atomic E-state index is -0.273. The summed E-state index contributed by atoms with van der Waals surface area (Å²) in [5, 5.41) is 3.20. The first-order valence-electron chi connectivity index (χ1n) is 6.54. The third-order valence-electron chi connectivity index (χ3n) is 3.25. The van der Waals surface area contributed by atoms with Crippen LogP contribution in [0, 0.1) is 5.82 Å². The number of hydrogen-bond acceptors (Lipinski definition) is 2. The normalized spacial score (nSPS) is 12.2. The van der Waals surface area contributed by atoms with Crippen LogP contribution in [0.2, 0.25) is 0 Å². The van der Waals surface area contributed by atoms with Crippen LogP contribution < -0.4 is 10.1 Å². The number of rotatable bonds is 5. The highest BCUT2D eigenvalue weighted by Crippen LogP contribution is 2.29. The summed E-state index contributed by atoms with van der Waals surface area (Å²) in [4.78, 5) is 0. The third-order valence-corrected chi connectivity index (χ3v) is 4.35. The second kappa shape index (κ2) is 7.38. The van der Waals surface area contributed by atoms with Crippen LogP contribution in [-0.4, -0.2) is 7.05 Å². The first-order valence-corrected chi connectivity index (χ1v) is 8.13. The molecular formula is C16H16Br2FNO. The standard InChI is InChI=1S/C16H16Br2FNO/c1-10(20-2)13-5-4-12(17)8-16(13)21-9-11-3-6-15(19)14(18)7-11/h3-8,10,20H,9H2,1-2H3. The number of nitrogens with one attached hydrogen (secondary N) is 1. The molecule has 0 bridgehead atoms. The van der Waals surface area contributed by atoms with Crippen LogP contribution in [0.4, 0.5) is 4.39 Å². The molecule has 0 fully saturated rings. The third kappa shape index (κ3) is 4.28. The fraction of sp³-hybridized carbons (Fsp3) is 0.250. The summed E-state index contributed by atoms with van der Waals surface area (Å²) in [5.41, 5.74) is 1.99. The molecule has 0 saturated heterocycles. The Kier molecular flexibility index (Phi) is 5.79. The second-order valence-electron chi connectivity index (χ2n) is 4.73. The van der Waals surface area contributed by atoms with Gasteiger partial charge in [-0.3, -0.25) is 0 Å². The molecule has 0 spiro atoms. The van der Waals surface area contributed by atoms with Gasteiger partial charge in [0.2, 0.25) is 0 Å². The summed E-state index contributed by atoms with van der Waals surface area (Å²) in [6, 6.07) is 11.0. The van der Waals surface area contributed by atoms with Gasteiger partial charge < -0.3 is 10.1 Å². The summed E-state index contributed by atoms with van der Waals surface area (Å²) < 4.78 is 20.5. The van der Waals surface area contributed by atoms with Gasteiger partial charge in [-0.15, -0.1) is 0 Å². The molecule has 0 aromatic heterocycles. The maximum atomic E-state index is 13.2. The lowest BCUT2D eigenvalue weighted by molar-refractivity contribution is 0.300. The van der Waals surface area contributed by atoms with Crippen molar-refractivity contribution >= 4 is 31.9 Å². The highest BCUT2D eigenvalue weighted by molar-refractivity contribution is 9.10. The minimum Gasteiger partial charge on any atom is -0.489 e. The molecule has 0 amide bonds.